The van der Waals surface area contributed by atoms with Crippen molar-refractivity contribution in [3.63, 3.8) is 0 Å². The van der Waals surface area contributed by atoms with E-state index in [1.807, 2.05) is 0 Å². The van der Waals surface area contributed by atoms with Crippen molar-refractivity contribution in [1.82, 2.24) is 0 Å². The van der Waals surface area contributed by atoms with Crippen LogP contribution in [0.2, 0.25) is 0 Å². The SMILES string of the molecule is COC(C)(C)CCOC(C)(C)CCC(C)I. The van der Waals surface area contributed by atoms with Crippen molar-refractivity contribution in [2.45, 2.75) is 69.0 Å². The number of methoxy groups -OCH3 is 1. The fourth-order valence-electron chi connectivity index (χ4n) is 1.29. The van der Waals surface area contributed by atoms with Gasteiger partial charge < -0.3 is 9.47 Å². The second-order valence-electron chi connectivity index (χ2n) is 5.64. The van der Waals surface area contributed by atoms with Crippen molar-refractivity contribution < 1.29 is 9.47 Å². The molecular formula is C13H27IO2. The summed E-state index contributed by atoms with van der Waals surface area (Å²) in [5.74, 6) is 0. The Morgan fingerprint density at radius 1 is 1.06 bits per heavy atom. The minimum Gasteiger partial charge on any atom is -0.379 e. The van der Waals surface area contributed by atoms with Crippen LogP contribution >= 0.6 is 22.6 Å². The number of halogens is 1. The van der Waals surface area contributed by atoms with E-state index in [0.29, 0.717) is 0 Å². The first kappa shape index (κ1) is 16.6. The van der Waals surface area contributed by atoms with Crippen LogP contribution in [0.25, 0.3) is 0 Å². The van der Waals surface area contributed by atoms with Crippen molar-refractivity contribution in [3.05, 3.63) is 0 Å². The van der Waals surface area contributed by atoms with Crippen molar-refractivity contribution in [2.75, 3.05) is 13.7 Å². The van der Waals surface area contributed by atoms with Crippen LogP contribution in [0.15, 0.2) is 0 Å². The molecule has 0 radical (unpaired) electrons. The molecule has 0 N–H and O–H groups in total. The molecule has 0 saturated heterocycles. The minimum absolute atomic E-state index is 0.0107. The summed E-state index contributed by atoms with van der Waals surface area (Å²) in [5.41, 5.74) is -0.0874. The molecule has 0 bridgehead atoms. The minimum atomic E-state index is -0.0768. The van der Waals surface area contributed by atoms with Crippen LogP contribution in [0.3, 0.4) is 0 Å². The van der Waals surface area contributed by atoms with Gasteiger partial charge in [-0.15, -0.1) is 0 Å². The molecule has 0 aromatic rings. The molecule has 0 aromatic heterocycles. The molecule has 2 nitrogen and oxygen atoms in total. The largest absolute Gasteiger partial charge is 0.379 e. The lowest BCUT2D eigenvalue weighted by atomic mass is 10.0. The predicted molar refractivity (Wildman–Crippen MR) is 78.5 cm³/mol. The van der Waals surface area contributed by atoms with Crippen LogP contribution in [0.1, 0.15) is 53.9 Å². The molecule has 3 heteroatoms. The maximum Gasteiger partial charge on any atom is 0.0644 e. The molecule has 1 unspecified atom stereocenters. The highest BCUT2D eigenvalue weighted by molar-refractivity contribution is 14.1. The lowest BCUT2D eigenvalue weighted by Crippen LogP contribution is -2.30. The summed E-state index contributed by atoms with van der Waals surface area (Å²) in [6.45, 7) is 11.5. The molecule has 98 valence electrons. The molecule has 0 heterocycles. The molecule has 0 saturated carbocycles. The quantitative estimate of drug-likeness (QED) is 0.486. The van der Waals surface area contributed by atoms with Gasteiger partial charge in [-0.1, -0.05) is 29.5 Å². The third-order valence-corrected chi connectivity index (χ3v) is 3.52. The van der Waals surface area contributed by atoms with Crippen LogP contribution < -0.4 is 0 Å². The van der Waals surface area contributed by atoms with E-state index < -0.39 is 0 Å². The van der Waals surface area contributed by atoms with Crippen LogP contribution in [0, 0.1) is 0 Å². The van der Waals surface area contributed by atoms with Gasteiger partial charge in [0, 0.05) is 11.0 Å². The predicted octanol–water partition coefficient (Wildman–Crippen LogP) is 4.20. The Morgan fingerprint density at radius 3 is 2.06 bits per heavy atom. The first-order chi connectivity index (χ1) is 7.18. The van der Waals surface area contributed by atoms with Gasteiger partial charge in [-0.25, -0.2) is 0 Å². The van der Waals surface area contributed by atoms with Gasteiger partial charge >= 0.3 is 0 Å². The Bertz CT molecular complexity index is 188. The molecule has 0 amide bonds. The standard InChI is InChI=1S/C13H27IO2/c1-11(14)7-8-13(4,5)16-10-9-12(2,3)15-6/h11H,7-10H2,1-6H3. The summed E-state index contributed by atoms with van der Waals surface area (Å²) in [7, 11) is 1.75. The highest BCUT2D eigenvalue weighted by atomic mass is 127. The first-order valence-electron chi connectivity index (χ1n) is 6.02. The third-order valence-electron chi connectivity index (χ3n) is 2.89. The molecular weight excluding hydrogens is 315 g/mol. The molecule has 0 fully saturated rings. The van der Waals surface area contributed by atoms with Gasteiger partial charge in [0.05, 0.1) is 17.8 Å². The second kappa shape index (κ2) is 7.17. The molecule has 0 aromatic carbocycles. The number of ether oxygens (including phenoxy) is 2. The monoisotopic (exact) mass is 342 g/mol. The van der Waals surface area contributed by atoms with E-state index in [1.165, 1.54) is 6.42 Å². The summed E-state index contributed by atoms with van der Waals surface area (Å²) in [4.78, 5) is 0. The van der Waals surface area contributed by atoms with Gasteiger partial charge in [0.1, 0.15) is 0 Å². The average molecular weight is 342 g/mol. The molecule has 16 heavy (non-hydrogen) atoms. The van der Waals surface area contributed by atoms with Crippen molar-refractivity contribution in [1.29, 1.82) is 0 Å². The fraction of sp³-hybridized carbons (Fsp3) is 1.00. The van der Waals surface area contributed by atoms with Gasteiger partial charge in [-0.05, 0) is 47.0 Å². The van der Waals surface area contributed by atoms with E-state index in [4.69, 9.17) is 9.47 Å². The third kappa shape index (κ3) is 8.76. The highest BCUT2D eigenvalue weighted by Crippen LogP contribution is 2.22. The van der Waals surface area contributed by atoms with Crippen LogP contribution in [-0.2, 0) is 9.47 Å². The summed E-state index contributed by atoms with van der Waals surface area (Å²) in [6.07, 6.45) is 3.26. The molecule has 1 atom stereocenters. The van der Waals surface area contributed by atoms with Crippen LogP contribution in [0.4, 0.5) is 0 Å². The Morgan fingerprint density at radius 2 is 1.62 bits per heavy atom. The lowest BCUT2D eigenvalue weighted by Gasteiger charge is -2.29. The van der Waals surface area contributed by atoms with Gasteiger partial charge in [-0.2, -0.15) is 0 Å². The number of alkyl halides is 1. The normalized spacial score (nSPS) is 15.2. The Balaban J connectivity index is 3.82. The molecule has 0 rings (SSSR count). The van der Waals surface area contributed by atoms with Gasteiger partial charge in [0.2, 0.25) is 0 Å². The number of hydrogen-bond acceptors (Lipinski definition) is 2. The van der Waals surface area contributed by atoms with Gasteiger partial charge in [-0.3, -0.25) is 0 Å². The van der Waals surface area contributed by atoms with E-state index >= 15 is 0 Å². The van der Waals surface area contributed by atoms with E-state index in [1.54, 1.807) is 7.11 Å². The summed E-state index contributed by atoms with van der Waals surface area (Å²) in [6, 6.07) is 0. The zero-order valence-corrected chi connectivity index (χ0v) is 13.8. The maximum atomic E-state index is 5.93. The average Bonchev–Trinajstić information content (AvgIpc) is 2.14. The maximum absolute atomic E-state index is 5.93. The number of hydrogen-bond donors (Lipinski definition) is 0. The molecule has 0 aliphatic heterocycles. The Labute approximate surface area is 115 Å². The van der Waals surface area contributed by atoms with Crippen LogP contribution in [-0.4, -0.2) is 28.8 Å². The van der Waals surface area contributed by atoms with E-state index in [-0.39, 0.29) is 11.2 Å². The lowest BCUT2D eigenvalue weighted by molar-refractivity contribution is -0.0615. The second-order valence-corrected chi connectivity index (χ2v) is 7.77. The molecule has 0 spiro atoms. The number of rotatable bonds is 8. The first-order valence-corrected chi connectivity index (χ1v) is 7.26. The topological polar surface area (TPSA) is 18.5 Å². The zero-order valence-electron chi connectivity index (χ0n) is 11.6. The smallest absolute Gasteiger partial charge is 0.0644 e. The van der Waals surface area contributed by atoms with E-state index in [9.17, 15) is 0 Å². The van der Waals surface area contributed by atoms with Crippen molar-refractivity contribution in [3.8, 4) is 0 Å². The Hall–Kier alpha value is 0.650. The van der Waals surface area contributed by atoms with E-state index in [2.05, 4.69) is 57.2 Å². The highest BCUT2D eigenvalue weighted by Gasteiger charge is 2.22. The Kier molecular flexibility index (Phi) is 7.46. The van der Waals surface area contributed by atoms with Crippen LogP contribution in [0.5, 0.6) is 0 Å². The molecule has 0 aliphatic carbocycles. The van der Waals surface area contributed by atoms with Crippen molar-refractivity contribution in [2.24, 2.45) is 0 Å². The summed E-state index contributed by atoms with van der Waals surface area (Å²) < 4.78 is 12.0. The van der Waals surface area contributed by atoms with Gasteiger partial charge in [0.15, 0.2) is 0 Å². The fourth-order valence-corrected chi connectivity index (χ4v) is 1.61. The van der Waals surface area contributed by atoms with E-state index in [0.717, 1.165) is 23.4 Å². The van der Waals surface area contributed by atoms with Gasteiger partial charge in [0.25, 0.3) is 0 Å². The summed E-state index contributed by atoms with van der Waals surface area (Å²) in [5, 5.41) is 0. The molecule has 0 aliphatic rings. The zero-order chi connectivity index (χ0) is 12.8. The summed E-state index contributed by atoms with van der Waals surface area (Å²) >= 11 is 2.46. The van der Waals surface area contributed by atoms with Crippen molar-refractivity contribution >= 4 is 22.6 Å².